The summed E-state index contributed by atoms with van der Waals surface area (Å²) in [6.07, 6.45) is 3.12. The number of anilines is 2. The zero-order chi connectivity index (χ0) is 16.2. The van der Waals surface area contributed by atoms with Gasteiger partial charge in [-0.1, -0.05) is 15.9 Å². The van der Waals surface area contributed by atoms with Gasteiger partial charge in [0, 0.05) is 36.3 Å². The van der Waals surface area contributed by atoms with Crippen LogP contribution in [0.3, 0.4) is 0 Å². The lowest BCUT2D eigenvalue weighted by Gasteiger charge is -2.32. The molecular formula is C16H18BrN5O. The van der Waals surface area contributed by atoms with E-state index in [2.05, 4.69) is 43.2 Å². The van der Waals surface area contributed by atoms with E-state index in [-0.39, 0.29) is 5.91 Å². The van der Waals surface area contributed by atoms with E-state index in [1.54, 1.807) is 6.20 Å². The predicted molar refractivity (Wildman–Crippen MR) is 92.9 cm³/mol. The summed E-state index contributed by atoms with van der Waals surface area (Å²) in [6, 6.07) is 7.77. The summed E-state index contributed by atoms with van der Waals surface area (Å²) in [6.45, 7) is 3.25. The summed E-state index contributed by atoms with van der Waals surface area (Å²) in [7, 11) is 2.06. The molecule has 120 valence electrons. The Balaban J connectivity index is 1.64. The molecule has 1 aliphatic heterocycles. The molecule has 3 rings (SSSR count). The number of aromatic nitrogens is 2. The second-order valence-electron chi connectivity index (χ2n) is 5.51. The van der Waals surface area contributed by atoms with Crippen molar-refractivity contribution >= 4 is 33.3 Å². The van der Waals surface area contributed by atoms with Crippen LogP contribution in [0, 0.1) is 0 Å². The highest BCUT2D eigenvalue weighted by Gasteiger charge is 2.21. The SMILES string of the molecule is CN1CCN(C(=O)c2cnc(Nc3ccc(Br)cc3)cn2)CC1. The van der Waals surface area contributed by atoms with E-state index in [0.717, 1.165) is 36.3 Å². The van der Waals surface area contributed by atoms with E-state index in [1.807, 2.05) is 29.2 Å². The third-order valence-corrected chi connectivity index (χ3v) is 4.31. The van der Waals surface area contributed by atoms with E-state index < -0.39 is 0 Å². The van der Waals surface area contributed by atoms with Crippen molar-refractivity contribution in [3.63, 3.8) is 0 Å². The minimum absolute atomic E-state index is 0.0548. The number of carbonyl (C=O) groups excluding carboxylic acids is 1. The number of piperazine rings is 1. The molecule has 0 aliphatic carbocycles. The highest BCUT2D eigenvalue weighted by atomic mass is 79.9. The van der Waals surface area contributed by atoms with Gasteiger partial charge in [0.15, 0.2) is 0 Å². The first kappa shape index (κ1) is 15.9. The standard InChI is InChI=1S/C16H18BrN5O/c1-21-6-8-22(9-7-21)16(23)14-10-19-15(11-18-14)20-13-4-2-12(17)3-5-13/h2-5,10-11H,6-9H2,1H3,(H,19,20). The Morgan fingerprint density at radius 1 is 1.09 bits per heavy atom. The zero-order valence-electron chi connectivity index (χ0n) is 12.9. The van der Waals surface area contributed by atoms with E-state index in [1.165, 1.54) is 6.20 Å². The zero-order valence-corrected chi connectivity index (χ0v) is 14.5. The van der Waals surface area contributed by atoms with Gasteiger partial charge in [-0.2, -0.15) is 0 Å². The van der Waals surface area contributed by atoms with Crippen molar-refractivity contribution in [2.75, 3.05) is 38.5 Å². The Bertz CT molecular complexity index is 666. The lowest BCUT2D eigenvalue weighted by molar-refractivity contribution is 0.0658. The molecule has 6 nitrogen and oxygen atoms in total. The minimum Gasteiger partial charge on any atom is -0.339 e. The van der Waals surface area contributed by atoms with Gasteiger partial charge in [-0.3, -0.25) is 4.79 Å². The first-order valence-corrected chi connectivity index (χ1v) is 8.23. The van der Waals surface area contributed by atoms with E-state index in [4.69, 9.17) is 0 Å². The summed E-state index contributed by atoms with van der Waals surface area (Å²) in [5.74, 6) is 0.558. The number of hydrogen-bond donors (Lipinski definition) is 1. The van der Waals surface area contributed by atoms with Crippen LogP contribution < -0.4 is 5.32 Å². The second kappa shape index (κ2) is 7.06. The van der Waals surface area contributed by atoms with Crippen LogP contribution in [-0.4, -0.2) is 58.9 Å². The molecule has 0 unspecified atom stereocenters. The molecule has 0 bridgehead atoms. The lowest BCUT2D eigenvalue weighted by atomic mass is 10.3. The number of amides is 1. The first-order valence-electron chi connectivity index (χ1n) is 7.44. The van der Waals surface area contributed by atoms with Gasteiger partial charge < -0.3 is 15.1 Å². The lowest BCUT2D eigenvalue weighted by Crippen LogP contribution is -2.47. The van der Waals surface area contributed by atoms with Crippen LogP contribution >= 0.6 is 15.9 Å². The monoisotopic (exact) mass is 375 g/mol. The van der Waals surface area contributed by atoms with Gasteiger partial charge in [0.25, 0.3) is 5.91 Å². The highest BCUT2D eigenvalue weighted by Crippen LogP contribution is 2.17. The molecular weight excluding hydrogens is 358 g/mol. The van der Waals surface area contributed by atoms with Crippen molar-refractivity contribution in [2.24, 2.45) is 0 Å². The van der Waals surface area contributed by atoms with Crippen molar-refractivity contribution in [1.82, 2.24) is 19.8 Å². The number of benzene rings is 1. The minimum atomic E-state index is -0.0548. The highest BCUT2D eigenvalue weighted by molar-refractivity contribution is 9.10. The van der Waals surface area contributed by atoms with Gasteiger partial charge in [0.05, 0.1) is 12.4 Å². The Kier molecular flexibility index (Phi) is 4.88. The van der Waals surface area contributed by atoms with Gasteiger partial charge in [0.2, 0.25) is 0 Å². The molecule has 0 radical (unpaired) electrons. The quantitative estimate of drug-likeness (QED) is 0.891. The molecule has 1 aromatic heterocycles. The molecule has 1 saturated heterocycles. The van der Waals surface area contributed by atoms with Crippen molar-refractivity contribution in [2.45, 2.75) is 0 Å². The molecule has 1 N–H and O–H groups in total. The Labute approximate surface area is 143 Å². The maximum Gasteiger partial charge on any atom is 0.274 e. The average Bonchev–Trinajstić information content (AvgIpc) is 2.58. The number of carbonyl (C=O) groups is 1. The Hall–Kier alpha value is -1.99. The van der Waals surface area contributed by atoms with Gasteiger partial charge in [-0.05, 0) is 31.3 Å². The average molecular weight is 376 g/mol. The molecule has 1 aromatic carbocycles. The maximum atomic E-state index is 12.4. The van der Waals surface area contributed by atoms with Gasteiger partial charge >= 0.3 is 0 Å². The van der Waals surface area contributed by atoms with Crippen molar-refractivity contribution < 1.29 is 4.79 Å². The van der Waals surface area contributed by atoms with Crippen LogP contribution in [0.15, 0.2) is 41.1 Å². The molecule has 1 amide bonds. The second-order valence-corrected chi connectivity index (χ2v) is 6.43. The molecule has 0 spiro atoms. The molecule has 23 heavy (non-hydrogen) atoms. The number of nitrogens with zero attached hydrogens (tertiary/aromatic N) is 4. The topological polar surface area (TPSA) is 61.4 Å². The number of rotatable bonds is 3. The van der Waals surface area contributed by atoms with Crippen LogP contribution in [0.25, 0.3) is 0 Å². The summed E-state index contributed by atoms with van der Waals surface area (Å²) in [5, 5.41) is 3.16. The molecule has 0 atom stereocenters. The van der Waals surface area contributed by atoms with Gasteiger partial charge in [-0.25, -0.2) is 9.97 Å². The van der Waals surface area contributed by atoms with Gasteiger partial charge in [0.1, 0.15) is 11.5 Å². The fourth-order valence-corrected chi connectivity index (χ4v) is 2.62. The number of hydrogen-bond acceptors (Lipinski definition) is 5. The summed E-state index contributed by atoms with van der Waals surface area (Å²) >= 11 is 3.40. The van der Waals surface area contributed by atoms with E-state index in [9.17, 15) is 4.79 Å². The molecule has 1 aliphatic rings. The largest absolute Gasteiger partial charge is 0.339 e. The fraction of sp³-hybridized carbons (Fsp3) is 0.312. The summed E-state index contributed by atoms with van der Waals surface area (Å²) in [5.41, 5.74) is 1.30. The number of halogens is 1. The Morgan fingerprint density at radius 3 is 2.39 bits per heavy atom. The van der Waals surface area contributed by atoms with Crippen LogP contribution in [-0.2, 0) is 0 Å². The van der Waals surface area contributed by atoms with Gasteiger partial charge in [-0.15, -0.1) is 0 Å². The summed E-state index contributed by atoms with van der Waals surface area (Å²) in [4.78, 5) is 25.0. The van der Waals surface area contributed by atoms with Crippen LogP contribution in [0.2, 0.25) is 0 Å². The molecule has 2 aromatic rings. The number of likely N-dealkylation sites (N-methyl/N-ethyl adjacent to an activating group) is 1. The molecule has 2 heterocycles. The first-order chi connectivity index (χ1) is 11.1. The van der Waals surface area contributed by atoms with Crippen molar-refractivity contribution in [3.05, 3.63) is 46.8 Å². The van der Waals surface area contributed by atoms with Crippen LogP contribution in [0.4, 0.5) is 11.5 Å². The third kappa shape index (κ3) is 4.05. The Morgan fingerprint density at radius 2 is 1.78 bits per heavy atom. The summed E-state index contributed by atoms with van der Waals surface area (Å²) < 4.78 is 1.02. The van der Waals surface area contributed by atoms with E-state index in [0.29, 0.717) is 11.5 Å². The maximum absolute atomic E-state index is 12.4. The number of nitrogens with one attached hydrogen (secondary N) is 1. The van der Waals surface area contributed by atoms with E-state index >= 15 is 0 Å². The molecule has 0 saturated carbocycles. The van der Waals surface area contributed by atoms with Crippen LogP contribution in [0.1, 0.15) is 10.5 Å². The van der Waals surface area contributed by atoms with Crippen molar-refractivity contribution in [3.8, 4) is 0 Å². The predicted octanol–water partition coefficient (Wildman–Crippen LogP) is 2.37. The smallest absolute Gasteiger partial charge is 0.274 e. The third-order valence-electron chi connectivity index (χ3n) is 3.78. The van der Waals surface area contributed by atoms with Crippen molar-refractivity contribution in [1.29, 1.82) is 0 Å². The fourth-order valence-electron chi connectivity index (χ4n) is 2.36. The normalized spacial score (nSPS) is 15.5. The molecule has 7 heteroatoms. The van der Waals surface area contributed by atoms with Crippen LogP contribution in [0.5, 0.6) is 0 Å². The molecule has 1 fully saturated rings.